The van der Waals surface area contributed by atoms with Crippen LogP contribution in [0, 0.1) is 11.8 Å². The minimum atomic E-state index is -0.833. The number of ether oxygens (including phenoxy) is 4. The van der Waals surface area contributed by atoms with Gasteiger partial charge in [0.15, 0.2) is 6.29 Å². The van der Waals surface area contributed by atoms with Gasteiger partial charge in [-0.2, -0.15) is 0 Å². The predicted octanol–water partition coefficient (Wildman–Crippen LogP) is 4.08. The first-order valence-electron chi connectivity index (χ1n) is 9.57. The van der Waals surface area contributed by atoms with Gasteiger partial charge < -0.3 is 24.1 Å². The molecule has 0 aromatic heterocycles. The molecule has 0 aliphatic carbocycles. The van der Waals surface area contributed by atoms with Crippen LogP contribution in [0.3, 0.4) is 0 Å². The van der Waals surface area contributed by atoms with Crippen LogP contribution in [0.5, 0.6) is 0 Å². The van der Waals surface area contributed by atoms with Crippen LogP contribution in [0.25, 0.3) is 0 Å². The van der Waals surface area contributed by atoms with E-state index in [1.165, 1.54) is 13.3 Å². The van der Waals surface area contributed by atoms with E-state index in [9.17, 15) is 4.79 Å². The predicted molar refractivity (Wildman–Crippen MR) is 111 cm³/mol. The topological polar surface area (TPSA) is 91.3 Å². The third-order valence-corrected chi connectivity index (χ3v) is 3.56. The Labute approximate surface area is 170 Å². The molecule has 3 heterocycles. The molecule has 4 atom stereocenters. The summed E-state index contributed by atoms with van der Waals surface area (Å²) in [7, 11) is 0. The van der Waals surface area contributed by atoms with E-state index >= 15 is 0 Å². The summed E-state index contributed by atoms with van der Waals surface area (Å²) in [5.41, 5.74) is 0. The van der Waals surface area contributed by atoms with E-state index in [2.05, 4.69) is 33.2 Å². The molecule has 0 aromatic rings. The fourth-order valence-corrected chi connectivity index (χ4v) is 2.52. The fourth-order valence-electron chi connectivity index (χ4n) is 2.52. The van der Waals surface area contributed by atoms with Crippen molar-refractivity contribution in [2.24, 2.45) is 11.8 Å². The second kappa shape index (κ2) is 21.6. The van der Waals surface area contributed by atoms with Crippen molar-refractivity contribution in [2.45, 2.75) is 59.9 Å². The van der Waals surface area contributed by atoms with Crippen molar-refractivity contribution in [3.63, 3.8) is 0 Å². The van der Waals surface area contributed by atoms with Crippen LogP contribution in [0.1, 0.15) is 47.5 Å². The Kier molecular flexibility index (Phi) is 23.9. The Morgan fingerprint density at radius 1 is 0.964 bits per heavy atom. The van der Waals surface area contributed by atoms with E-state index in [-0.39, 0.29) is 18.4 Å². The maximum absolute atomic E-state index is 10.3. The average Bonchev–Trinajstić information content (AvgIpc) is 3.41. The number of esters is 1. The molecule has 0 aromatic carbocycles. The third kappa shape index (κ3) is 16.5. The number of aliphatic carboxylic acids is 1. The van der Waals surface area contributed by atoms with Crippen LogP contribution in [0.4, 0.5) is 0 Å². The van der Waals surface area contributed by atoms with E-state index in [4.69, 9.17) is 28.8 Å². The molecule has 3 aliphatic heterocycles. The van der Waals surface area contributed by atoms with Crippen molar-refractivity contribution in [3.8, 4) is 0 Å². The zero-order valence-corrected chi connectivity index (χ0v) is 18.3. The normalized spacial score (nSPS) is 25.8. The summed E-state index contributed by atoms with van der Waals surface area (Å²) in [4.78, 5) is 19.3. The van der Waals surface area contributed by atoms with Gasteiger partial charge in [0, 0.05) is 26.2 Å². The van der Waals surface area contributed by atoms with Gasteiger partial charge in [0.25, 0.3) is 5.97 Å². The van der Waals surface area contributed by atoms with Crippen LogP contribution < -0.4 is 0 Å². The molecule has 0 unspecified atom stereocenters. The number of carbonyl (C=O) groups is 2. The quantitative estimate of drug-likeness (QED) is 0.520. The van der Waals surface area contributed by atoms with Crippen LogP contribution >= 0.6 is 0 Å². The van der Waals surface area contributed by atoms with Gasteiger partial charge in [0.1, 0.15) is 6.10 Å². The molecular formula is C21H40O7. The van der Waals surface area contributed by atoms with E-state index in [1.54, 1.807) is 0 Å². The Bertz CT molecular complexity index is 375. The molecule has 7 heteroatoms. The lowest BCUT2D eigenvalue weighted by Gasteiger charge is -2.07. The van der Waals surface area contributed by atoms with Crippen LogP contribution in [-0.2, 0) is 28.5 Å². The first-order chi connectivity index (χ1) is 13.4. The highest BCUT2D eigenvalue weighted by Gasteiger charge is 2.38. The number of carbonyl (C=O) groups excluding carboxylic acids is 1. The molecule has 166 valence electrons. The largest absolute Gasteiger partial charge is 0.481 e. The number of carboxylic acids is 1. The van der Waals surface area contributed by atoms with Crippen molar-refractivity contribution < 1.29 is 33.6 Å². The third-order valence-electron chi connectivity index (χ3n) is 3.56. The van der Waals surface area contributed by atoms with Crippen LogP contribution in [0.15, 0.2) is 26.3 Å². The van der Waals surface area contributed by atoms with Gasteiger partial charge in [0.2, 0.25) is 0 Å². The average molecular weight is 405 g/mol. The molecule has 0 amide bonds. The molecular weight excluding hydrogens is 364 g/mol. The molecule has 3 fully saturated rings. The van der Waals surface area contributed by atoms with Gasteiger partial charge in [-0.1, -0.05) is 20.8 Å². The lowest BCUT2D eigenvalue weighted by atomic mass is 9.96. The molecule has 0 bridgehead atoms. The number of fused-ring (bicyclic) bond motifs is 1. The van der Waals surface area contributed by atoms with Crippen molar-refractivity contribution in [3.05, 3.63) is 26.3 Å². The summed E-state index contributed by atoms with van der Waals surface area (Å²) >= 11 is 0. The number of carboxylic acid groups (broad SMARTS) is 1. The zero-order valence-electron chi connectivity index (χ0n) is 18.3. The smallest absolute Gasteiger partial charge is 0.302 e. The highest BCUT2D eigenvalue weighted by atomic mass is 16.7. The van der Waals surface area contributed by atoms with Gasteiger partial charge in [-0.15, -0.1) is 26.3 Å². The monoisotopic (exact) mass is 404 g/mol. The Balaban J connectivity index is -0.000000310. The molecule has 3 rings (SSSR count). The minimum Gasteiger partial charge on any atom is -0.481 e. The molecule has 7 nitrogen and oxygen atoms in total. The highest BCUT2D eigenvalue weighted by molar-refractivity contribution is 5.66. The Morgan fingerprint density at radius 3 is 1.89 bits per heavy atom. The summed E-state index contributed by atoms with van der Waals surface area (Å²) in [6.45, 7) is 23.8. The highest BCUT2D eigenvalue weighted by Crippen LogP contribution is 2.34. The maximum atomic E-state index is 10.3. The van der Waals surface area contributed by atoms with Crippen molar-refractivity contribution in [1.29, 1.82) is 0 Å². The fraction of sp³-hybridized carbons (Fsp3) is 0.714. The summed E-state index contributed by atoms with van der Waals surface area (Å²) in [6, 6.07) is 0. The summed E-state index contributed by atoms with van der Waals surface area (Å²) in [5, 5.41) is 7.42. The van der Waals surface area contributed by atoms with Crippen molar-refractivity contribution >= 4 is 11.9 Å². The summed E-state index contributed by atoms with van der Waals surface area (Å²) < 4.78 is 20.5. The number of hydrogen-bond donors (Lipinski definition) is 1. The molecule has 1 N–H and O–H groups in total. The summed E-state index contributed by atoms with van der Waals surface area (Å²) in [5.74, 6) is 0.369. The van der Waals surface area contributed by atoms with Crippen molar-refractivity contribution in [1.82, 2.24) is 0 Å². The molecule has 0 saturated carbocycles. The number of rotatable bonds is 1. The van der Waals surface area contributed by atoms with Gasteiger partial charge >= 0.3 is 5.97 Å². The first kappa shape index (κ1) is 31.0. The molecule has 28 heavy (non-hydrogen) atoms. The second-order valence-corrected chi connectivity index (χ2v) is 5.62. The van der Waals surface area contributed by atoms with E-state index in [0.29, 0.717) is 12.5 Å². The summed E-state index contributed by atoms with van der Waals surface area (Å²) in [6.07, 6.45) is 2.22. The molecule has 3 aliphatic rings. The Hall–Kier alpha value is -1.70. The first-order valence-corrected chi connectivity index (χ1v) is 9.57. The number of hydrogen-bond acceptors (Lipinski definition) is 6. The zero-order chi connectivity index (χ0) is 22.5. The van der Waals surface area contributed by atoms with E-state index in [0.717, 1.165) is 39.1 Å². The lowest BCUT2D eigenvalue weighted by molar-refractivity contribution is -0.146. The van der Waals surface area contributed by atoms with Crippen LogP contribution in [0.2, 0.25) is 0 Å². The van der Waals surface area contributed by atoms with Gasteiger partial charge in [0.05, 0.1) is 26.4 Å². The lowest BCUT2D eigenvalue weighted by Crippen LogP contribution is -2.15. The van der Waals surface area contributed by atoms with Gasteiger partial charge in [-0.3, -0.25) is 9.59 Å². The van der Waals surface area contributed by atoms with Gasteiger partial charge in [-0.25, -0.2) is 0 Å². The van der Waals surface area contributed by atoms with Crippen molar-refractivity contribution in [2.75, 3.05) is 26.4 Å². The Morgan fingerprint density at radius 2 is 1.50 bits per heavy atom. The second-order valence-electron chi connectivity index (χ2n) is 5.62. The molecule has 3 saturated heterocycles. The van der Waals surface area contributed by atoms with Gasteiger partial charge in [-0.05, 0) is 12.3 Å². The van der Waals surface area contributed by atoms with Crippen LogP contribution in [-0.4, -0.2) is 55.9 Å². The SMILES string of the molecule is C=C.C=C.CC.CC(=O)O.CC(=O)O[C@H]1CCOC1.C[C@H]1CO[C@H]2OCC[C@H]21. The molecule has 0 radical (unpaired) electrons. The maximum Gasteiger partial charge on any atom is 0.302 e. The van der Waals surface area contributed by atoms with E-state index in [1.807, 2.05) is 13.8 Å². The minimum absolute atomic E-state index is 0.0162. The van der Waals surface area contributed by atoms with E-state index < -0.39 is 5.97 Å². The standard InChI is InChI=1S/C7H12O2.C6H10O3.C2H4O2.C2H6.2C2H4/c1-5-4-9-7-6(5)2-3-8-7;1-5(7)9-6-2-3-8-4-6;1-2(3)4;3*1-2/h5-7H,2-4H2,1H3;6H,2-4H2,1H3;1H3,(H,3,4);1-2H3;2*1-2H2/t5-,6-,7+;6-;;;;/m00..../s1. The molecule has 0 spiro atoms.